The van der Waals surface area contributed by atoms with Crippen LogP contribution in [0.3, 0.4) is 0 Å². The largest absolute Gasteiger partial charge is 0.347 e. The Kier molecular flexibility index (Phi) is 4.99. The van der Waals surface area contributed by atoms with Crippen molar-refractivity contribution in [1.29, 1.82) is 0 Å². The lowest BCUT2D eigenvalue weighted by molar-refractivity contribution is -0.128. The van der Waals surface area contributed by atoms with E-state index in [0.29, 0.717) is 19.0 Å². The number of carbonyl (C=O) groups excluding carboxylic acids is 1. The van der Waals surface area contributed by atoms with E-state index >= 15 is 0 Å². The zero-order chi connectivity index (χ0) is 16.4. The van der Waals surface area contributed by atoms with E-state index in [2.05, 4.69) is 10.3 Å². The standard InChI is InChI=1S/C14H26N4O3S/c1-14(2)11-18(8-9-22(14,20)21)13(15-3)16-10-12(19)17-6-4-5-7-17/h4-11H2,1-3H3,(H,15,16). The number of hydrogen-bond donors (Lipinski definition) is 1. The normalized spacial score (nSPS) is 24.4. The van der Waals surface area contributed by atoms with Crippen molar-refractivity contribution in [2.45, 2.75) is 31.4 Å². The molecule has 2 fully saturated rings. The topological polar surface area (TPSA) is 82.1 Å². The van der Waals surface area contributed by atoms with Crippen LogP contribution in [0.1, 0.15) is 26.7 Å². The number of aliphatic imine (C=N–C) groups is 1. The number of likely N-dealkylation sites (tertiary alicyclic amines) is 1. The predicted molar refractivity (Wildman–Crippen MR) is 86.6 cm³/mol. The Morgan fingerprint density at radius 1 is 1.18 bits per heavy atom. The summed E-state index contributed by atoms with van der Waals surface area (Å²) in [6.45, 7) is 6.11. The molecule has 0 aliphatic carbocycles. The minimum Gasteiger partial charge on any atom is -0.347 e. The van der Waals surface area contributed by atoms with Gasteiger partial charge in [0, 0.05) is 33.2 Å². The number of amides is 1. The molecule has 2 rings (SSSR count). The van der Waals surface area contributed by atoms with Crippen LogP contribution in [0.25, 0.3) is 0 Å². The highest BCUT2D eigenvalue weighted by molar-refractivity contribution is 7.92. The molecule has 0 saturated carbocycles. The Morgan fingerprint density at radius 3 is 2.36 bits per heavy atom. The van der Waals surface area contributed by atoms with Crippen LogP contribution >= 0.6 is 0 Å². The number of nitrogens with zero attached hydrogens (tertiary/aromatic N) is 3. The van der Waals surface area contributed by atoms with Gasteiger partial charge in [0.05, 0.1) is 17.0 Å². The molecule has 22 heavy (non-hydrogen) atoms. The quantitative estimate of drug-likeness (QED) is 0.555. The number of hydrogen-bond acceptors (Lipinski definition) is 4. The van der Waals surface area contributed by atoms with E-state index in [1.807, 2.05) is 9.80 Å². The Balaban J connectivity index is 1.94. The van der Waals surface area contributed by atoms with Crippen LogP contribution in [0.5, 0.6) is 0 Å². The van der Waals surface area contributed by atoms with E-state index in [1.165, 1.54) is 0 Å². The van der Waals surface area contributed by atoms with Crippen LogP contribution in [-0.2, 0) is 14.6 Å². The van der Waals surface area contributed by atoms with Crippen molar-refractivity contribution < 1.29 is 13.2 Å². The van der Waals surface area contributed by atoms with Gasteiger partial charge in [-0.15, -0.1) is 0 Å². The third kappa shape index (κ3) is 3.53. The molecule has 2 saturated heterocycles. The number of carbonyl (C=O) groups is 1. The van der Waals surface area contributed by atoms with E-state index < -0.39 is 14.6 Å². The summed E-state index contributed by atoms with van der Waals surface area (Å²) >= 11 is 0. The maximum atomic E-state index is 12.1. The molecule has 7 nitrogen and oxygen atoms in total. The summed E-state index contributed by atoms with van der Waals surface area (Å²) in [6, 6.07) is 0. The summed E-state index contributed by atoms with van der Waals surface area (Å²) in [6.07, 6.45) is 2.14. The third-order valence-corrected chi connectivity index (χ3v) is 6.94. The minimum absolute atomic E-state index is 0.0718. The number of guanidine groups is 1. The van der Waals surface area contributed by atoms with Crippen molar-refractivity contribution in [3.8, 4) is 0 Å². The summed E-state index contributed by atoms with van der Waals surface area (Å²) in [4.78, 5) is 20.0. The molecule has 0 unspecified atom stereocenters. The molecule has 8 heteroatoms. The lowest BCUT2D eigenvalue weighted by atomic mass is 10.2. The summed E-state index contributed by atoms with van der Waals surface area (Å²) in [5.74, 6) is 0.777. The fraction of sp³-hybridized carbons (Fsp3) is 0.857. The van der Waals surface area contributed by atoms with Gasteiger partial charge >= 0.3 is 0 Å². The number of sulfone groups is 1. The second-order valence-electron chi connectivity index (χ2n) is 6.49. The molecule has 2 aliphatic heterocycles. The van der Waals surface area contributed by atoms with Crippen molar-refractivity contribution in [2.75, 3.05) is 45.5 Å². The Hall–Kier alpha value is -1.31. The molecule has 1 amide bonds. The van der Waals surface area contributed by atoms with Crippen LogP contribution < -0.4 is 5.32 Å². The molecule has 0 aromatic heterocycles. The lowest BCUT2D eigenvalue weighted by Gasteiger charge is -2.39. The van der Waals surface area contributed by atoms with Gasteiger partial charge in [0.1, 0.15) is 0 Å². The van der Waals surface area contributed by atoms with Gasteiger partial charge in [-0.2, -0.15) is 0 Å². The van der Waals surface area contributed by atoms with Crippen LogP contribution in [0.2, 0.25) is 0 Å². The van der Waals surface area contributed by atoms with Crippen LogP contribution in [0, 0.1) is 0 Å². The molecule has 1 N–H and O–H groups in total. The summed E-state index contributed by atoms with van der Waals surface area (Å²) in [5, 5.41) is 3.07. The molecule has 2 heterocycles. The SMILES string of the molecule is CN=C(NCC(=O)N1CCCC1)N1CCS(=O)(=O)C(C)(C)C1. The molecule has 2 aliphatic rings. The molecule has 0 aromatic carbocycles. The van der Waals surface area contributed by atoms with Crippen molar-refractivity contribution in [3.63, 3.8) is 0 Å². The molecular weight excluding hydrogens is 304 g/mol. The van der Waals surface area contributed by atoms with E-state index in [1.54, 1.807) is 20.9 Å². The molecular formula is C14H26N4O3S. The van der Waals surface area contributed by atoms with E-state index in [-0.39, 0.29) is 18.2 Å². The van der Waals surface area contributed by atoms with Gasteiger partial charge in [-0.3, -0.25) is 9.79 Å². The number of rotatable bonds is 2. The zero-order valence-electron chi connectivity index (χ0n) is 13.6. The Morgan fingerprint density at radius 2 is 1.82 bits per heavy atom. The average molecular weight is 330 g/mol. The lowest BCUT2D eigenvalue weighted by Crippen LogP contribution is -2.58. The minimum atomic E-state index is -3.08. The smallest absolute Gasteiger partial charge is 0.241 e. The molecule has 0 bridgehead atoms. The van der Waals surface area contributed by atoms with Crippen LogP contribution in [-0.4, -0.2) is 80.4 Å². The molecule has 126 valence electrons. The summed E-state index contributed by atoms with van der Waals surface area (Å²) in [7, 11) is -1.43. The Labute approximate surface area is 132 Å². The van der Waals surface area contributed by atoms with E-state index in [0.717, 1.165) is 25.9 Å². The molecule has 0 atom stereocenters. The van der Waals surface area contributed by atoms with Crippen molar-refractivity contribution in [2.24, 2.45) is 4.99 Å². The highest BCUT2D eigenvalue weighted by atomic mass is 32.2. The first-order valence-electron chi connectivity index (χ1n) is 7.72. The van der Waals surface area contributed by atoms with Gasteiger partial charge in [-0.05, 0) is 26.7 Å². The van der Waals surface area contributed by atoms with Crippen molar-refractivity contribution in [3.05, 3.63) is 0 Å². The number of nitrogens with one attached hydrogen (secondary N) is 1. The van der Waals surface area contributed by atoms with E-state index in [4.69, 9.17) is 0 Å². The maximum absolute atomic E-state index is 12.1. The third-order valence-electron chi connectivity index (χ3n) is 4.41. The summed E-state index contributed by atoms with van der Waals surface area (Å²) < 4.78 is 23.3. The molecule has 0 radical (unpaired) electrons. The average Bonchev–Trinajstić information content (AvgIpc) is 2.97. The van der Waals surface area contributed by atoms with Crippen LogP contribution in [0.15, 0.2) is 4.99 Å². The predicted octanol–water partition coefficient (Wildman–Crippen LogP) is -0.307. The fourth-order valence-electron chi connectivity index (χ4n) is 2.89. The highest BCUT2D eigenvalue weighted by Gasteiger charge is 2.41. The summed E-state index contributed by atoms with van der Waals surface area (Å²) in [5.41, 5.74) is 0. The first-order chi connectivity index (χ1) is 10.3. The second kappa shape index (κ2) is 6.44. The van der Waals surface area contributed by atoms with Crippen molar-refractivity contribution in [1.82, 2.24) is 15.1 Å². The molecule has 0 spiro atoms. The van der Waals surface area contributed by atoms with Gasteiger partial charge in [0.15, 0.2) is 15.8 Å². The zero-order valence-corrected chi connectivity index (χ0v) is 14.4. The van der Waals surface area contributed by atoms with Crippen LogP contribution in [0.4, 0.5) is 0 Å². The first-order valence-corrected chi connectivity index (χ1v) is 9.38. The van der Waals surface area contributed by atoms with E-state index in [9.17, 15) is 13.2 Å². The van der Waals surface area contributed by atoms with Gasteiger partial charge in [0.2, 0.25) is 5.91 Å². The molecule has 0 aromatic rings. The van der Waals surface area contributed by atoms with Crippen molar-refractivity contribution >= 4 is 21.7 Å². The highest BCUT2D eigenvalue weighted by Crippen LogP contribution is 2.23. The first kappa shape index (κ1) is 17.1. The van der Waals surface area contributed by atoms with Gasteiger partial charge in [0.25, 0.3) is 0 Å². The monoisotopic (exact) mass is 330 g/mol. The maximum Gasteiger partial charge on any atom is 0.241 e. The second-order valence-corrected chi connectivity index (χ2v) is 9.23. The fourth-order valence-corrected chi connectivity index (χ4v) is 4.26. The van der Waals surface area contributed by atoms with Gasteiger partial charge in [-0.25, -0.2) is 8.42 Å². The Bertz CT molecular complexity index is 550. The van der Waals surface area contributed by atoms with Gasteiger partial charge < -0.3 is 15.1 Å². The van der Waals surface area contributed by atoms with Gasteiger partial charge in [-0.1, -0.05) is 0 Å².